The number of aromatic nitrogens is 2. The highest BCUT2D eigenvalue weighted by molar-refractivity contribution is 5.94. The van der Waals surface area contributed by atoms with E-state index in [0.29, 0.717) is 29.1 Å². The van der Waals surface area contributed by atoms with Gasteiger partial charge in [-0.05, 0) is 24.1 Å². The Morgan fingerprint density at radius 3 is 2.62 bits per heavy atom. The number of nitrogens with zero attached hydrogens (tertiary/aromatic N) is 2. The van der Waals surface area contributed by atoms with Gasteiger partial charge in [-0.3, -0.25) is 14.8 Å². The van der Waals surface area contributed by atoms with E-state index < -0.39 is 5.97 Å². The summed E-state index contributed by atoms with van der Waals surface area (Å²) in [6, 6.07) is 4.89. The quantitative estimate of drug-likeness (QED) is 0.844. The number of carbonyl (C=O) groups excluding carboxylic acids is 2. The van der Waals surface area contributed by atoms with E-state index in [1.54, 1.807) is 30.6 Å². The molecule has 0 aliphatic heterocycles. The Morgan fingerprint density at radius 2 is 1.90 bits per heavy atom. The Balaban J connectivity index is 1.94. The molecule has 0 unspecified atom stereocenters. The van der Waals surface area contributed by atoms with E-state index in [4.69, 9.17) is 4.74 Å². The molecule has 0 spiro atoms. The molecule has 1 aromatic carbocycles. The van der Waals surface area contributed by atoms with Crippen LogP contribution in [0.3, 0.4) is 0 Å². The van der Waals surface area contributed by atoms with Crippen molar-refractivity contribution < 1.29 is 14.3 Å². The number of carbonyl (C=O) groups is 2. The second-order valence-corrected chi connectivity index (χ2v) is 5.03. The van der Waals surface area contributed by atoms with Crippen molar-refractivity contribution in [1.29, 1.82) is 0 Å². The highest BCUT2D eigenvalue weighted by atomic mass is 16.5. The number of hydrogen-bond acceptors (Lipinski definition) is 5. The van der Waals surface area contributed by atoms with Crippen molar-refractivity contribution in [2.75, 3.05) is 13.2 Å². The molecule has 2 aromatic rings. The zero-order chi connectivity index (χ0) is 15.2. The average Bonchev–Trinajstić information content (AvgIpc) is 2.50. The van der Waals surface area contributed by atoms with Crippen LogP contribution < -0.4 is 5.32 Å². The normalized spacial score (nSPS) is 10.6. The third-order valence-electron chi connectivity index (χ3n) is 2.75. The van der Waals surface area contributed by atoms with E-state index in [0.717, 1.165) is 0 Å². The van der Waals surface area contributed by atoms with Crippen molar-refractivity contribution in [3.63, 3.8) is 0 Å². The lowest BCUT2D eigenvalue weighted by Crippen LogP contribution is -2.31. The van der Waals surface area contributed by atoms with Crippen LogP contribution in [-0.4, -0.2) is 35.0 Å². The van der Waals surface area contributed by atoms with Crippen molar-refractivity contribution in [3.05, 3.63) is 36.2 Å². The molecule has 110 valence electrons. The summed E-state index contributed by atoms with van der Waals surface area (Å²) in [6.45, 7) is 4.25. The minimum absolute atomic E-state index is 0.288. The molecule has 0 radical (unpaired) electrons. The number of ether oxygens (including phenoxy) is 1. The van der Waals surface area contributed by atoms with Gasteiger partial charge in [0.15, 0.2) is 6.61 Å². The number of esters is 1. The lowest BCUT2D eigenvalue weighted by atomic mass is 10.2. The monoisotopic (exact) mass is 287 g/mol. The highest BCUT2D eigenvalue weighted by Gasteiger charge is 2.11. The number of nitrogens with one attached hydrogen (secondary N) is 1. The molecule has 0 atom stereocenters. The molecule has 0 saturated heterocycles. The van der Waals surface area contributed by atoms with Gasteiger partial charge in [-0.15, -0.1) is 0 Å². The molecule has 0 aliphatic rings. The minimum Gasteiger partial charge on any atom is -0.452 e. The van der Waals surface area contributed by atoms with Gasteiger partial charge in [-0.25, -0.2) is 4.79 Å². The van der Waals surface area contributed by atoms with Gasteiger partial charge in [-0.1, -0.05) is 13.8 Å². The summed E-state index contributed by atoms with van der Waals surface area (Å²) in [4.78, 5) is 31.6. The van der Waals surface area contributed by atoms with E-state index in [1.807, 2.05) is 13.8 Å². The molecule has 1 aromatic heterocycles. The van der Waals surface area contributed by atoms with Crippen molar-refractivity contribution in [1.82, 2.24) is 15.3 Å². The lowest BCUT2D eigenvalue weighted by molar-refractivity contribution is -0.124. The van der Waals surface area contributed by atoms with Crippen LogP contribution in [0.4, 0.5) is 0 Å². The molecule has 1 heterocycles. The first-order chi connectivity index (χ1) is 10.1. The molecule has 0 bridgehead atoms. The van der Waals surface area contributed by atoms with Gasteiger partial charge in [0.2, 0.25) is 0 Å². The second-order valence-electron chi connectivity index (χ2n) is 5.03. The summed E-state index contributed by atoms with van der Waals surface area (Å²) in [7, 11) is 0. The second kappa shape index (κ2) is 6.78. The molecule has 2 rings (SSSR count). The fraction of sp³-hybridized carbons (Fsp3) is 0.333. The van der Waals surface area contributed by atoms with Crippen LogP contribution in [0.15, 0.2) is 30.6 Å². The fourth-order valence-electron chi connectivity index (χ4n) is 1.67. The highest BCUT2D eigenvalue weighted by Crippen LogP contribution is 2.11. The standard InChI is InChI=1S/C15H17N3O3/c1-10(2)8-18-14(19)9-21-15(20)11-3-4-12-13(7-11)17-6-5-16-12/h3-7,10H,8-9H2,1-2H3,(H,18,19). The van der Waals surface area contributed by atoms with Crippen molar-refractivity contribution in [2.24, 2.45) is 5.92 Å². The van der Waals surface area contributed by atoms with Crippen LogP contribution in [0.2, 0.25) is 0 Å². The first-order valence-corrected chi connectivity index (χ1v) is 6.71. The molecular formula is C15H17N3O3. The van der Waals surface area contributed by atoms with Crippen molar-refractivity contribution in [3.8, 4) is 0 Å². The molecule has 1 amide bonds. The van der Waals surface area contributed by atoms with Gasteiger partial charge in [-0.2, -0.15) is 0 Å². The van der Waals surface area contributed by atoms with E-state index in [9.17, 15) is 9.59 Å². The molecular weight excluding hydrogens is 270 g/mol. The van der Waals surface area contributed by atoms with Gasteiger partial charge in [0.25, 0.3) is 5.91 Å². The van der Waals surface area contributed by atoms with E-state index in [2.05, 4.69) is 15.3 Å². The fourth-order valence-corrected chi connectivity index (χ4v) is 1.67. The van der Waals surface area contributed by atoms with Crippen LogP contribution >= 0.6 is 0 Å². The Kier molecular flexibility index (Phi) is 4.81. The maximum Gasteiger partial charge on any atom is 0.338 e. The number of benzene rings is 1. The van der Waals surface area contributed by atoms with Crippen molar-refractivity contribution in [2.45, 2.75) is 13.8 Å². The number of amides is 1. The third-order valence-corrected chi connectivity index (χ3v) is 2.75. The summed E-state index contributed by atoms with van der Waals surface area (Å²) in [5.41, 5.74) is 1.65. The maximum atomic E-state index is 11.9. The average molecular weight is 287 g/mol. The summed E-state index contributed by atoms with van der Waals surface area (Å²) in [6.07, 6.45) is 3.14. The molecule has 6 heteroatoms. The topological polar surface area (TPSA) is 81.2 Å². The van der Waals surface area contributed by atoms with E-state index in [1.165, 1.54) is 0 Å². The first-order valence-electron chi connectivity index (χ1n) is 6.71. The van der Waals surface area contributed by atoms with Crippen LogP contribution in [0.25, 0.3) is 11.0 Å². The lowest BCUT2D eigenvalue weighted by Gasteiger charge is -2.08. The number of hydrogen-bond donors (Lipinski definition) is 1. The molecule has 21 heavy (non-hydrogen) atoms. The van der Waals surface area contributed by atoms with Gasteiger partial charge >= 0.3 is 5.97 Å². The maximum absolute atomic E-state index is 11.9. The molecule has 0 fully saturated rings. The first kappa shape index (κ1) is 14.9. The van der Waals surface area contributed by atoms with Crippen LogP contribution in [0.5, 0.6) is 0 Å². The Labute approximate surface area is 122 Å². The number of rotatable bonds is 5. The summed E-state index contributed by atoms with van der Waals surface area (Å²) in [5.74, 6) is -0.511. The van der Waals surface area contributed by atoms with Gasteiger partial charge in [0.05, 0.1) is 16.6 Å². The van der Waals surface area contributed by atoms with E-state index in [-0.39, 0.29) is 12.5 Å². The SMILES string of the molecule is CC(C)CNC(=O)COC(=O)c1ccc2nccnc2c1. The van der Waals surface area contributed by atoms with Gasteiger partial charge in [0.1, 0.15) is 0 Å². The number of fused-ring (bicyclic) bond motifs is 1. The largest absolute Gasteiger partial charge is 0.452 e. The Bertz CT molecular complexity index is 655. The van der Waals surface area contributed by atoms with Gasteiger partial charge < -0.3 is 10.1 Å². The van der Waals surface area contributed by atoms with Crippen LogP contribution in [-0.2, 0) is 9.53 Å². The smallest absolute Gasteiger partial charge is 0.338 e. The van der Waals surface area contributed by atoms with Gasteiger partial charge in [0, 0.05) is 18.9 Å². The zero-order valence-electron chi connectivity index (χ0n) is 12.0. The van der Waals surface area contributed by atoms with Crippen LogP contribution in [0.1, 0.15) is 24.2 Å². The summed E-state index contributed by atoms with van der Waals surface area (Å²) in [5, 5.41) is 2.68. The predicted molar refractivity (Wildman–Crippen MR) is 77.7 cm³/mol. The molecule has 0 aliphatic carbocycles. The predicted octanol–water partition coefficient (Wildman–Crippen LogP) is 1.56. The summed E-state index contributed by atoms with van der Waals surface area (Å²) < 4.78 is 4.97. The van der Waals surface area contributed by atoms with Crippen molar-refractivity contribution >= 4 is 22.9 Å². The molecule has 6 nitrogen and oxygen atoms in total. The molecule has 1 N–H and O–H groups in total. The van der Waals surface area contributed by atoms with Crippen LogP contribution in [0, 0.1) is 5.92 Å². The third kappa shape index (κ3) is 4.24. The molecule has 0 saturated carbocycles. The Morgan fingerprint density at radius 1 is 1.19 bits per heavy atom. The zero-order valence-corrected chi connectivity index (χ0v) is 12.0. The summed E-state index contributed by atoms with van der Waals surface area (Å²) >= 11 is 0. The Hall–Kier alpha value is -2.50. The van der Waals surface area contributed by atoms with E-state index >= 15 is 0 Å². The minimum atomic E-state index is -0.553.